The van der Waals surface area contributed by atoms with E-state index in [1.807, 2.05) is 0 Å². The molecular formula is C12H22N2O3. The summed E-state index contributed by atoms with van der Waals surface area (Å²) in [7, 11) is 1.72. The molecular weight excluding hydrogens is 220 g/mol. The van der Waals surface area contributed by atoms with Crippen LogP contribution < -0.4 is 10.6 Å². The lowest BCUT2D eigenvalue weighted by atomic mass is 9.64. The van der Waals surface area contributed by atoms with Crippen LogP contribution in [0.3, 0.4) is 0 Å². The maximum absolute atomic E-state index is 12.0. The lowest BCUT2D eigenvalue weighted by molar-refractivity contribution is -0.136. The number of rotatable bonds is 3. The molecule has 0 spiro atoms. The van der Waals surface area contributed by atoms with Crippen molar-refractivity contribution in [1.82, 2.24) is 10.6 Å². The van der Waals surface area contributed by atoms with E-state index in [9.17, 15) is 4.79 Å². The Bertz CT molecular complexity index is 287. The molecule has 3 unspecified atom stereocenters. The minimum Gasteiger partial charge on any atom is -0.381 e. The van der Waals surface area contributed by atoms with Crippen molar-refractivity contribution >= 4 is 5.91 Å². The molecule has 2 N–H and O–H groups in total. The van der Waals surface area contributed by atoms with Crippen LogP contribution >= 0.6 is 0 Å². The lowest BCUT2D eigenvalue weighted by Crippen LogP contribution is -2.64. The number of carbonyl (C=O) groups is 1. The second-order valence-corrected chi connectivity index (χ2v) is 5.42. The second kappa shape index (κ2) is 4.92. The molecule has 1 aliphatic heterocycles. The van der Waals surface area contributed by atoms with Gasteiger partial charge in [0.1, 0.15) is 6.04 Å². The first-order valence-electron chi connectivity index (χ1n) is 6.20. The zero-order valence-corrected chi connectivity index (χ0v) is 10.8. The van der Waals surface area contributed by atoms with Crippen LogP contribution in [0, 0.1) is 5.41 Å². The summed E-state index contributed by atoms with van der Waals surface area (Å²) in [5.41, 5.74) is 0.0138. The Balaban J connectivity index is 1.83. The van der Waals surface area contributed by atoms with E-state index in [1.54, 1.807) is 7.11 Å². The topological polar surface area (TPSA) is 59.6 Å². The monoisotopic (exact) mass is 242 g/mol. The van der Waals surface area contributed by atoms with Gasteiger partial charge in [-0.2, -0.15) is 0 Å². The fraction of sp³-hybridized carbons (Fsp3) is 0.917. The smallest absolute Gasteiger partial charge is 0.239 e. The minimum absolute atomic E-state index is 0.0138. The summed E-state index contributed by atoms with van der Waals surface area (Å²) in [4.78, 5) is 12.0. The average molecular weight is 242 g/mol. The third kappa shape index (κ3) is 2.46. The van der Waals surface area contributed by atoms with Crippen LogP contribution in [0.25, 0.3) is 0 Å². The Morgan fingerprint density at radius 1 is 1.53 bits per heavy atom. The molecule has 17 heavy (non-hydrogen) atoms. The van der Waals surface area contributed by atoms with Crippen molar-refractivity contribution in [3.63, 3.8) is 0 Å². The maximum atomic E-state index is 12.0. The number of hydrogen-bond donors (Lipinski definition) is 2. The van der Waals surface area contributed by atoms with Gasteiger partial charge in [-0.15, -0.1) is 0 Å². The Morgan fingerprint density at radius 3 is 2.82 bits per heavy atom. The number of ether oxygens (including phenoxy) is 2. The molecule has 0 bridgehead atoms. The van der Waals surface area contributed by atoms with Gasteiger partial charge in [-0.05, 0) is 6.42 Å². The predicted molar refractivity (Wildman–Crippen MR) is 63.7 cm³/mol. The number of hydrogen-bond acceptors (Lipinski definition) is 4. The van der Waals surface area contributed by atoms with Crippen LogP contribution in [-0.4, -0.2) is 51.0 Å². The summed E-state index contributed by atoms with van der Waals surface area (Å²) in [6.07, 6.45) is 1.13. The summed E-state index contributed by atoms with van der Waals surface area (Å²) in [6.45, 7) is 6.14. The van der Waals surface area contributed by atoms with E-state index in [4.69, 9.17) is 9.47 Å². The van der Waals surface area contributed by atoms with E-state index >= 15 is 0 Å². The van der Waals surface area contributed by atoms with Crippen LogP contribution in [0.4, 0.5) is 0 Å². The first-order valence-corrected chi connectivity index (χ1v) is 6.20. The van der Waals surface area contributed by atoms with E-state index in [2.05, 4.69) is 24.5 Å². The van der Waals surface area contributed by atoms with Crippen LogP contribution in [0.2, 0.25) is 0 Å². The zero-order chi connectivity index (χ0) is 12.5. The molecule has 3 atom stereocenters. The molecule has 98 valence electrons. The summed E-state index contributed by atoms with van der Waals surface area (Å²) in [5.74, 6) is 0.0392. The van der Waals surface area contributed by atoms with Crippen LogP contribution in [0.1, 0.15) is 20.3 Å². The third-order valence-electron chi connectivity index (χ3n) is 4.02. The molecule has 1 saturated heterocycles. The van der Waals surface area contributed by atoms with E-state index in [-0.39, 0.29) is 29.5 Å². The molecule has 5 nitrogen and oxygen atoms in total. The van der Waals surface area contributed by atoms with Gasteiger partial charge in [-0.25, -0.2) is 0 Å². The zero-order valence-electron chi connectivity index (χ0n) is 10.8. The average Bonchev–Trinajstić information content (AvgIpc) is 2.34. The van der Waals surface area contributed by atoms with E-state index in [0.29, 0.717) is 13.2 Å². The summed E-state index contributed by atoms with van der Waals surface area (Å²) in [5, 5.41) is 6.24. The number of nitrogens with one attached hydrogen (secondary N) is 2. The number of amides is 1. The standard InChI is InChI=1S/C12H22N2O3/c1-12(2)9(6-10(12)16-3)14-11(15)8-7-17-5-4-13-8/h8-10,13H,4-7H2,1-3H3,(H,14,15). The maximum Gasteiger partial charge on any atom is 0.239 e. The Kier molecular flexibility index (Phi) is 3.70. The predicted octanol–water partition coefficient (Wildman–Crippen LogP) is -0.0955. The largest absolute Gasteiger partial charge is 0.381 e. The molecule has 0 radical (unpaired) electrons. The Labute approximate surface area is 102 Å². The number of carbonyl (C=O) groups excluding carboxylic acids is 1. The van der Waals surface area contributed by atoms with Gasteiger partial charge in [0.15, 0.2) is 0 Å². The normalized spacial score (nSPS) is 36.1. The highest BCUT2D eigenvalue weighted by molar-refractivity contribution is 5.82. The first-order chi connectivity index (χ1) is 8.05. The van der Waals surface area contributed by atoms with Crippen molar-refractivity contribution in [1.29, 1.82) is 0 Å². The van der Waals surface area contributed by atoms with Crippen molar-refractivity contribution in [3.05, 3.63) is 0 Å². The van der Waals surface area contributed by atoms with Gasteiger partial charge in [-0.3, -0.25) is 4.79 Å². The molecule has 1 amide bonds. The van der Waals surface area contributed by atoms with E-state index < -0.39 is 0 Å². The summed E-state index contributed by atoms with van der Waals surface area (Å²) < 4.78 is 10.6. The molecule has 0 aromatic rings. The van der Waals surface area contributed by atoms with Gasteiger partial charge in [0.2, 0.25) is 5.91 Å². The van der Waals surface area contributed by atoms with Gasteiger partial charge in [0.05, 0.1) is 19.3 Å². The molecule has 2 aliphatic rings. The van der Waals surface area contributed by atoms with Crippen LogP contribution in [0.15, 0.2) is 0 Å². The second-order valence-electron chi connectivity index (χ2n) is 5.42. The highest BCUT2D eigenvalue weighted by atomic mass is 16.5. The van der Waals surface area contributed by atoms with Gasteiger partial charge >= 0.3 is 0 Å². The fourth-order valence-electron chi connectivity index (χ4n) is 2.54. The molecule has 2 fully saturated rings. The van der Waals surface area contributed by atoms with E-state index in [0.717, 1.165) is 13.0 Å². The molecule has 1 aliphatic carbocycles. The van der Waals surface area contributed by atoms with E-state index in [1.165, 1.54) is 0 Å². The lowest BCUT2D eigenvalue weighted by Gasteiger charge is -2.51. The van der Waals surface area contributed by atoms with Crippen LogP contribution in [0.5, 0.6) is 0 Å². The first kappa shape index (κ1) is 12.8. The highest BCUT2D eigenvalue weighted by Gasteiger charge is 2.49. The van der Waals surface area contributed by atoms with Gasteiger partial charge in [0, 0.05) is 25.1 Å². The van der Waals surface area contributed by atoms with Crippen molar-refractivity contribution in [2.75, 3.05) is 26.9 Å². The van der Waals surface area contributed by atoms with Gasteiger partial charge < -0.3 is 20.1 Å². The van der Waals surface area contributed by atoms with Crippen LogP contribution in [-0.2, 0) is 14.3 Å². The summed E-state index contributed by atoms with van der Waals surface area (Å²) in [6, 6.07) is -0.00942. The SMILES string of the molecule is COC1CC(NC(=O)C2COCCN2)C1(C)C. The minimum atomic E-state index is -0.207. The molecule has 0 aromatic heterocycles. The van der Waals surface area contributed by atoms with Gasteiger partial charge in [-0.1, -0.05) is 13.8 Å². The van der Waals surface area contributed by atoms with Crippen molar-refractivity contribution < 1.29 is 14.3 Å². The molecule has 0 aromatic carbocycles. The summed E-state index contributed by atoms with van der Waals surface area (Å²) >= 11 is 0. The van der Waals surface area contributed by atoms with Crippen molar-refractivity contribution in [3.8, 4) is 0 Å². The third-order valence-corrected chi connectivity index (χ3v) is 4.02. The van der Waals surface area contributed by atoms with Gasteiger partial charge in [0.25, 0.3) is 0 Å². The molecule has 2 rings (SSSR count). The fourth-order valence-corrected chi connectivity index (χ4v) is 2.54. The molecule has 1 heterocycles. The van der Waals surface area contributed by atoms with Crippen molar-refractivity contribution in [2.45, 2.75) is 38.5 Å². The quantitative estimate of drug-likeness (QED) is 0.726. The number of morpholine rings is 1. The Morgan fingerprint density at radius 2 is 2.29 bits per heavy atom. The van der Waals surface area contributed by atoms with Crippen molar-refractivity contribution in [2.24, 2.45) is 5.41 Å². The molecule has 5 heteroatoms. The highest BCUT2D eigenvalue weighted by Crippen LogP contribution is 2.42. The molecule has 1 saturated carbocycles. The number of methoxy groups -OCH3 is 1. The Hall–Kier alpha value is -0.650.